The molecule has 0 atom stereocenters. The summed E-state index contributed by atoms with van der Waals surface area (Å²) in [5, 5.41) is 12.2. The Bertz CT molecular complexity index is 1140. The molecule has 0 bridgehead atoms. The van der Waals surface area contributed by atoms with Crippen LogP contribution in [0.1, 0.15) is 19.3 Å². The average Bonchev–Trinajstić information content (AvgIpc) is 3.11. The van der Waals surface area contributed by atoms with Gasteiger partial charge in [-0.2, -0.15) is 4.31 Å². The lowest BCUT2D eigenvalue weighted by atomic mass is 10.2. The summed E-state index contributed by atoms with van der Waals surface area (Å²) in [7, 11) is -3.73. The van der Waals surface area contributed by atoms with Crippen LogP contribution in [0.25, 0.3) is 5.52 Å². The van der Waals surface area contributed by atoms with Crippen molar-refractivity contribution in [3.63, 3.8) is 0 Å². The van der Waals surface area contributed by atoms with Gasteiger partial charge in [0, 0.05) is 25.4 Å². The standard InChI is InChI=1S/C18H18N4O4S2/c23-22(24)16-12-15(28(25,26)20-9-3-1-4-10-20)7-8-17(16)27-18-19-13-14-6-2-5-11-21(14)18/h2,5-8,11-13H,1,3-4,9-10H2. The lowest BCUT2D eigenvalue weighted by molar-refractivity contribution is -0.388. The Labute approximate surface area is 166 Å². The molecule has 10 heteroatoms. The maximum Gasteiger partial charge on any atom is 0.284 e. The van der Waals surface area contributed by atoms with Gasteiger partial charge < -0.3 is 0 Å². The number of nitrogens with zero attached hydrogens (tertiary/aromatic N) is 4. The topological polar surface area (TPSA) is 97.8 Å². The lowest BCUT2D eigenvalue weighted by Gasteiger charge is -2.25. The van der Waals surface area contributed by atoms with Gasteiger partial charge in [0.15, 0.2) is 5.16 Å². The predicted molar refractivity (Wildman–Crippen MR) is 105 cm³/mol. The SMILES string of the molecule is O=[N+]([O-])c1cc(S(=O)(=O)N2CCCCC2)ccc1Sc1ncc2ccccn12. The van der Waals surface area contributed by atoms with Crippen LogP contribution in [0, 0.1) is 10.1 Å². The molecule has 0 N–H and O–H groups in total. The van der Waals surface area contributed by atoms with E-state index in [1.807, 2.05) is 28.8 Å². The first-order valence-corrected chi connectivity index (χ1v) is 11.1. The van der Waals surface area contributed by atoms with Crippen LogP contribution in [0.5, 0.6) is 0 Å². The monoisotopic (exact) mass is 418 g/mol. The first kappa shape index (κ1) is 18.9. The second-order valence-electron chi connectivity index (χ2n) is 6.49. The number of nitro benzene ring substituents is 1. The summed E-state index contributed by atoms with van der Waals surface area (Å²) < 4.78 is 28.9. The van der Waals surface area contributed by atoms with Crippen LogP contribution < -0.4 is 0 Å². The van der Waals surface area contributed by atoms with Crippen molar-refractivity contribution in [2.75, 3.05) is 13.1 Å². The van der Waals surface area contributed by atoms with E-state index in [9.17, 15) is 18.5 Å². The molecule has 8 nitrogen and oxygen atoms in total. The van der Waals surface area contributed by atoms with E-state index in [1.54, 1.807) is 6.20 Å². The van der Waals surface area contributed by atoms with Crippen molar-refractivity contribution in [1.29, 1.82) is 0 Å². The Hall–Kier alpha value is -2.43. The highest BCUT2D eigenvalue weighted by Gasteiger charge is 2.29. The number of nitro groups is 1. The van der Waals surface area contributed by atoms with E-state index in [0.717, 1.165) is 42.6 Å². The first-order valence-electron chi connectivity index (χ1n) is 8.85. The van der Waals surface area contributed by atoms with Crippen molar-refractivity contribution < 1.29 is 13.3 Å². The molecule has 1 aliphatic rings. The molecule has 28 heavy (non-hydrogen) atoms. The van der Waals surface area contributed by atoms with Gasteiger partial charge in [0.2, 0.25) is 10.0 Å². The lowest BCUT2D eigenvalue weighted by Crippen LogP contribution is -2.35. The summed E-state index contributed by atoms with van der Waals surface area (Å²) >= 11 is 1.14. The van der Waals surface area contributed by atoms with E-state index in [2.05, 4.69) is 4.98 Å². The molecule has 1 aromatic carbocycles. The zero-order valence-electron chi connectivity index (χ0n) is 14.9. The summed E-state index contributed by atoms with van der Waals surface area (Å²) in [6.07, 6.45) is 6.12. The van der Waals surface area contributed by atoms with Crippen molar-refractivity contribution in [1.82, 2.24) is 13.7 Å². The Kier molecular flexibility index (Phi) is 5.09. The van der Waals surface area contributed by atoms with Gasteiger partial charge >= 0.3 is 0 Å². The molecule has 3 aromatic rings. The number of fused-ring (bicyclic) bond motifs is 1. The van der Waals surface area contributed by atoms with Crippen LogP contribution in [-0.2, 0) is 10.0 Å². The molecule has 0 unspecified atom stereocenters. The van der Waals surface area contributed by atoms with Crippen LogP contribution in [0.2, 0.25) is 0 Å². The molecular formula is C18H18N4O4S2. The van der Waals surface area contributed by atoms with Crippen molar-refractivity contribution in [3.05, 3.63) is 58.9 Å². The van der Waals surface area contributed by atoms with Crippen molar-refractivity contribution in [2.24, 2.45) is 0 Å². The van der Waals surface area contributed by atoms with Crippen molar-refractivity contribution in [3.8, 4) is 0 Å². The van der Waals surface area contributed by atoms with Gasteiger partial charge in [-0.25, -0.2) is 13.4 Å². The number of pyridine rings is 1. The van der Waals surface area contributed by atoms with Gasteiger partial charge in [0.25, 0.3) is 5.69 Å². The molecule has 0 saturated carbocycles. The molecule has 2 aromatic heterocycles. The second-order valence-corrected chi connectivity index (χ2v) is 9.44. The Morgan fingerprint density at radius 3 is 2.64 bits per heavy atom. The highest BCUT2D eigenvalue weighted by molar-refractivity contribution is 7.99. The number of piperidine rings is 1. The summed E-state index contributed by atoms with van der Waals surface area (Å²) in [4.78, 5) is 15.7. The van der Waals surface area contributed by atoms with E-state index in [-0.39, 0.29) is 10.6 Å². The highest BCUT2D eigenvalue weighted by atomic mass is 32.2. The zero-order valence-corrected chi connectivity index (χ0v) is 16.5. The van der Waals surface area contributed by atoms with Crippen molar-refractivity contribution in [2.45, 2.75) is 34.2 Å². The van der Waals surface area contributed by atoms with Gasteiger partial charge in [0.05, 0.1) is 26.4 Å². The summed E-state index contributed by atoms with van der Waals surface area (Å²) in [6, 6.07) is 9.70. The van der Waals surface area contributed by atoms with Crippen LogP contribution in [-0.4, -0.2) is 40.1 Å². The van der Waals surface area contributed by atoms with Crippen LogP contribution in [0.15, 0.2) is 63.7 Å². The van der Waals surface area contributed by atoms with E-state index >= 15 is 0 Å². The molecule has 1 aliphatic heterocycles. The fourth-order valence-electron chi connectivity index (χ4n) is 3.23. The van der Waals surface area contributed by atoms with Gasteiger partial charge in [-0.15, -0.1) is 0 Å². The summed E-state index contributed by atoms with van der Waals surface area (Å²) in [5.74, 6) is 0. The number of aromatic nitrogens is 2. The quantitative estimate of drug-likeness (QED) is 0.464. The Morgan fingerprint density at radius 2 is 1.89 bits per heavy atom. The van der Waals surface area contributed by atoms with E-state index in [1.165, 1.54) is 16.4 Å². The van der Waals surface area contributed by atoms with Crippen LogP contribution >= 0.6 is 11.8 Å². The van der Waals surface area contributed by atoms with Crippen molar-refractivity contribution >= 4 is 33.0 Å². The number of hydrogen-bond acceptors (Lipinski definition) is 6. The fraction of sp³-hybridized carbons (Fsp3) is 0.278. The molecule has 1 saturated heterocycles. The van der Waals surface area contributed by atoms with Crippen LogP contribution in [0.4, 0.5) is 5.69 Å². The number of sulfonamides is 1. The summed E-state index contributed by atoms with van der Waals surface area (Å²) in [5.41, 5.74) is 0.632. The Morgan fingerprint density at radius 1 is 1.11 bits per heavy atom. The molecule has 0 spiro atoms. The molecule has 3 heterocycles. The van der Waals surface area contributed by atoms with Gasteiger partial charge in [0.1, 0.15) is 0 Å². The highest BCUT2D eigenvalue weighted by Crippen LogP contribution is 2.36. The largest absolute Gasteiger partial charge is 0.295 e. The Balaban J connectivity index is 1.70. The zero-order chi connectivity index (χ0) is 19.7. The normalized spacial score (nSPS) is 15.7. The maximum atomic E-state index is 12.8. The molecule has 146 valence electrons. The molecule has 0 radical (unpaired) electrons. The summed E-state index contributed by atoms with van der Waals surface area (Å²) in [6.45, 7) is 0.902. The minimum absolute atomic E-state index is 0.0431. The minimum atomic E-state index is -3.73. The van der Waals surface area contributed by atoms with Gasteiger partial charge in [-0.3, -0.25) is 14.5 Å². The molecule has 0 amide bonds. The van der Waals surface area contributed by atoms with Crippen LogP contribution in [0.3, 0.4) is 0 Å². The third-order valence-corrected chi connectivity index (χ3v) is 7.63. The third kappa shape index (κ3) is 3.50. The van der Waals surface area contributed by atoms with Gasteiger partial charge in [-0.1, -0.05) is 12.5 Å². The minimum Gasteiger partial charge on any atom is -0.295 e. The van der Waals surface area contributed by atoms with Gasteiger partial charge in [-0.05, 0) is 48.9 Å². The van der Waals surface area contributed by atoms with E-state index < -0.39 is 14.9 Å². The smallest absolute Gasteiger partial charge is 0.284 e. The fourth-order valence-corrected chi connectivity index (χ4v) is 5.71. The predicted octanol–water partition coefficient (Wildman–Crippen LogP) is 3.57. The number of benzene rings is 1. The first-order chi connectivity index (χ1) is 13.5. The average molecular weight is 419 g/mol. The van der Waals surface area contributed by atoms with E-state index in [4.69, 9.17) is 0 Å². The maximum absolute atomic E-state index is 12.8. The number of rotatable bonds is 5. The molecule has 4 rings (SSSR count). The number of hydrogen-bond donors (Lipinski definition) is 0. The van der Waals surface area contributed by atoms with E-state index in [0.29, 0.717) is 23.1 Å². The molecule has 0 aliphatic carbocycles. The third-order valence-electron chi connectivity index (χ3n) is 4.69. The molecule has 1 fully saturated rings. The second kappa shape index (κ2) is 7.53. The number of imidazole rings is 1. The molecular weight excluding hydrogens is 400 g/mol.